The minimum absolute atomic E-state index is 0.165. The van der Waals surface area contributed by atoms with Crippen LogP contribution in [0.3, 0.4) is 0 Å². The van der Waals surface area contributed by atoms with Gasteiger partial charge in [-0.15, -0.1) is 11.3 Å². The van der Waals surface area contributed by atoms with Crippen molar-refractivity contribution in [2.75, 3.05) is 12.4 Å². The number of carbonyl (C=O) groups excluding carboxylic acids is 2. The quantitative estimate of drug-likeness (QED) is 0.525. The molecule has 0 aliphatic carbocycles. The topological polar surface area (TPSA) is 64.2 Å². The van der Waals surface area contributed by atoms with Gasteiger partial charge in [0.15, 0.2) is 6.54 Å². The second-order valence-corrected chi connectivity index (χ2v) is 7.50. The number of methoxy groups -OCH3 is 1. The molecular formula is C20H22N3O3S+. The van der Waals surface area contributed by atoms with E-state index in [1.165, 1.54) is 24.0 Å². The molecule has 0 radical (unpaired) electrons. The highest BCUT2D eigenvalue weighted by molar-refractivity contribution is 7.16. The third-order valence-electron chi connectivity index (χ3n) is 4.31. The first-order chi connectivity index (χ1) is 13.0. The van der Waals surface area contributed by atoms with Crippen molar-refractivity contribution in [3.05, 3.63) is 70.6 Å². The molecule has 0 atom stereocenters. The lowest BCUT2D eigenvalue weighted by atomic mass is 10.1. The van der Waals surface area contributed by atoms with E-state index >= 15 is 0 Å². The van der Waals surface area contributed by atoms with Gasteiger partial charge in [0.2, 0.25) is 6.33 Å². The van der Waals surface area contributed by atoms with Crippen LogP contribution >= 0.6 is 11.3 Å². The molecule has 1 N–H and O–H groups in total. The van der Waals surface area contributed by atoms with Gasteiger partial charge < -0.3 is 10.1 Å². The number of aromatic nitrogens is 2. The van der Waals surface area contributed by atoms with E-state index in [4.69, 9.17) is 4.74 Å². The predicted octanol–water partition coefficient (Wildman–Crippen LogP) is 2.93. The van der Waals surface area contributed by atoms with Crippen LogP contribution in [0.15, 0.2) is 49.1 Å². The number of aryl methyl sites for hydroxylation is 1. The Hall–Kier alpha value is -2.93. The van der Waals surface area contributed by atoms with Crippen LogP contribution in [0.5, 0.6) is 0 Å². The maximum atomic E-state index is 12.4. The first-order valence-electron chi connectivity index (χ1n) is 8.55. The lowest BCUT2D eigenvalue weighted by molar-refractivity contribution is -0.687. The average molecular weight is 384 g/mol. The van der Waals surface area contributed by atoms with Crippen molar-refractivity contribution in [3.63, 3.8) is 0 Å². The number of benzene rings is 1. The zero-order valence-electron chi connectivity index (χ0n) is 15.6. The number of carbonyl (C=O) groups is 2. The molecule has 140 valence electrons. The van der Waals surface area contributed by atoms with Crippen LogP contribution in [0.4, 0.5) is 5.00 Å². The summed E-state index contributed by atoms with van der Waals surface area (Å²) in [6, 6.07) is 10.1. The normalized spacial score (nSPS) is 10.6. The predicted molar refractivity (Wildman–Crippen MR) is 104 cm³/mol. The number of amides is 1. The molecule has 1 aromatic carbocycles. The fraction of sp³-hybridized carbons (Fsp3) is 0.250. The maximum absolute atomic E-state index is 12.4. The molecule has 0 saturated heterocycles. The standard InChI is InChI=1S/C20H21N3O3S/c1-14-15(2)27-19(18(14)20(25)26-3)21-17(24)12-23-10-9-22(13-23)11-16-7-5-4-6-8-16/h4-10,13H,11-12H2,1-3H3/p+1. The van der Waals surface area contributed by atoms with Crippen LogP contribution < -0.4 is 9.88 Å². The zero-order valence-corrected chi connectivity index (χ0v) is 16.4. The summed E-state index contributed by atoms with van der Waals surface area (Å²) in [5, 5.41) is 3.38. The van der Waals surface area contributed by atoms with Crippen LogP contribution in [0, 0.1) is 13.8 Å². The van der Waals surface area contributed by atoms with E-state index in [1.807, 2.05) is 59.9 Å². The highest BCUT2D eigenvalue weighted by Gasteiger charge is 2.22. The largest absolute Gasteiger partial charge is 0.465 e. The summed E-state index contributed by atoms with van der Waals surface area (Å²) in [6.07, 6.45) is 5.67. The van der Waals surface area contributed by atoms with E-state index < -0.39 is 5.97 Å². The molecule has 6 nitrogen and oxygen atoms in total. The monoisotopic (exact) mass is 384 g/mol. The van der Waals surface area contributed by atoms with Gasteiger partial charge in [0.25, 0.3) is 5.91 Å². The molecule has 7 heteroatoms. The molecule has 3 aromatic rings. The number of rotatable bonds is 6. The Bertz CT molecular complexity index is 960. The van der Waals surface area contributed by atoms with E-state index in [0.29, 0.717) is 10.6 Å². The van der Waals surface area contributed by atoms with E-state index in [9.17, 15) is 9.59 Å². The van der Waals surface area contributed by atoms with Crippen molar-refractivity contribution >= 4 is 28.2 Å². The fourth-order valence-corrected chi connectivity index (χ4v) is 3.88. The van der Waals surface area contributed by atoms with Gasteiger partial charge in [0, 0.05) is 4.88 Å². The van der Waals surface area contributed by atoms with E-state index in [0.717, 1.165) is 17.0 Å². The van der Waals surface area contributed by atoms with Crippen molar-refractivity contribution in [1.82, 2.24) is 4.57 Å². The summed E-state index contributed by atoms with van der Waals surface area (Å²) in [4.78, 5) is 25.4. The zero-order chi connectivity index (χ0) is 19.4. The third kappa shape index (κ3) is 4.43. The number of esters is 1. The first-order valence-corrected chi connectivity index (χ1v) is 9.36. The van der Waals surface area contributed by atoms with Crippen molar-refractivity contribution in [3.8, 4) is 0 Å². The number of thiophene rings is 1. The summed E-state index contributed by atoms with van der Waals surface area (Å²) >= 11 is 1.38. The summed E-state index contributed by atoms with van der Waals surface area (Å²) in [7, 11) is 1.34. The van der Waals surface area contributed by atoms with Crippen LogP contribution in [0.1, 0.15) is 26.4 Å². The van der Waals surface area contributed by atoms with Crippen molar-refractivity contribution in [2.45, 2.75) is 26.9 Å². The Morgan fingerprint density at radius 1 is 1.22 bits per heavy atom. The van der Waals surface area contributed by atoms with Gasteiger partial charge in [-0.2, -0.15) is 0 Å². The van der Waals surface area contributed by atoms with Crippen LogP contribution in [0.25, 0.3) is 0 Å². The van der Waals surface area contributed by atoms with Gasteiger partial charge in [-0.3, -0.25) is 4.79 Å². The first kappa shape index (κ1) is 18.8. The smallest absolute Gasteiger partial charge is 0.341 e. The minimum Gasteiger partial charge on any atom is -0.465 e. The SMILES string of the molecule is COC(=O)c1c(NC(=O)Cn2cc[n+](Cc3ccccc3)c2)sc(C)c1C. The number of nitrogens with one attached hydrogen (secondary N) is 1. The molecule has 1 amide bonds. The Labute approximate surface area is 162 Å². The Balaban J connectivity index is 1.67. The lowest BCUT2D eigenvalue weighted by Crippen LogP contribution is -2.32. The van der Waals surface area contributed by atoms with Gasteiger partial charge in [-0.05, 0) is 25.0 Å². The fourth-order valence-electron chi connectivity index (χ4n) is 2.81. The molecule has 0 aliphatic heterocycles. The minimum atomic E-state index is -0.436. The third-order valence-corrected chi connectivity index (χ3v) is 5.43. The number of anilines is 1. The highest BCUT2D eigenvalue weighted by atomic mass is 32.1. The summed E-state index contributed by atoms with van der Waals surface area (Å²) in [6.45, 7) is 4.68. The summed E-state index contributed by atoms with van der Waals surface area (Å²) in [5.74, 6) is -0.627. The van der Waals surface area contributed by atoms with Crippen molar-refractivity contribution in [2.24, 2.45) is 0 Å². The molecule has 0 saturated carbocycles. The number of imidazole rings is 1. The van der Waals surface area contributed by atoms with Gasteiger partial charge in [-0.1, -0.05) is 30.3 Å². The Kier molecular flexibility index (Phi) is 5.71. The van der Waals surface area contributed by atoms with Crippen LogP contribution in [-0.4, -0.2) is 23.6 Å². The molecule has 0 aliphatic rings. The number of hydrogen-bond donors (Lipinski definition) is 1. The molecular weight excluding hydrogens is 362 g/mol. The molecule has 0 bridgehead atoms. The van der Waals surface area contributed by atoms with E-state index in [1.54, 1.807) is 0 Å². The number of hydrogen-bond acceptors (Lipinski definition) is 4. The Morgan fingerprint density at radius 3 is 2.67 bits per heavy atom. The second-order valence-electron chi connectivity index (χ2n) is 6.27. The van der Waals surface area contributed by atoms with Crippen molar-refractivity contribution in [1.29, 1.82) is 0 Å². The summed E-state index contributed by atoms with van der Waals surface area (Å²) in [5.41, 5.74) is 2.46. The van der Waals surface area contributed by atoms with Gasteiger partial charge >= 0.3 is 5.97 Å². The number of nitrogens with zero attached hydrogens (tertiary/aromatic N) is 2. The molecule has 3 rings (SSSR count). The molecule has 0 spiro atoms. The molecule has 2 aromatic heterocycles. The van der Waals surface area contributed by atoms with Gasteiger partial charge in [-0.25, -0.2) is 13.9 Å². The number of ether oxygens (including phenoxy) is 1. The second kappa shape index (κ2) is 8.18. The van der Waals surface area contributed by atoms with E-state index in [2.05, 4.69) is 17.4 Å². The van der Waals surface area contributed by atoms with Gasteiger partial charge in [0.1, 0.15) is 23.9 Å². The maximum Gasteiger partial charge on any atom is 0.341 e. The molecule has 0 fully saturated rings. The highest BCUT2D eigenvalue weighted by Crippen LogP contribution is 2.32. The Morgan fingerprint density at radius 2 is 1.96 bits per heavy atom. The summed E-state index contributed by atoms with van der Waals surface area (Å²) < 4.78 is 8.66. The average Bonchev–Trinajstić information content (AvgIpc) is 3.19. The molecule has 27 heavy (non-hydrogen) atoms. The van der Waals surface area contributed by atoms with Crippen LogP contribution in [0.2, 0.25) is 0 Å². The molecule has 0 unspecified atom stereocenters. The molecule has 2 heterocycles. The van der Waals surface area contributed by atoms with E-state index in [-0.39, 0.29) is 12.5 Å². The van der Waals surface area contributed by atoms with Crippen LogP contribution in [-0.2, 0) is 22.6 Å². The van der Waals surface area contributed by atoms with Gasteiger partial charge in [0.05, 0.1) is 12.7 Å². The van der Waals surface area contributed by atoms with Crippen molar-refractivity contribution < 1.29 is 18.9 Å². The lowest BCUT2D eigenvalue weighted by Gasteiger charge is -2.05.